The summed E-state index contributed by atoms with van der Waals surface area (Å²) in [6, 6.07) is 10.7. The van der Waals surface area contributed by atoms with E-state index < -0.39 is 17.5 Å². The van der Waals surface area contributed by atoms with Crippen molar-refractivity contribution in [2.24, 2.45) is 0 Å². The van der Waals surface area contributed by atoms with Gasteiger partial charge in [0.25, 0.3) is 0 Å². The van der Waals surface area contributed by atoms with Crippen molar-refractivity contribution < 1.29 is 22.7 Å². The smallest absolute Gasteiger partial charge is 0.225 e. The Morgan fingerprint density at radius 3 is 2.71 bits per heavy atom. The summed E-state index contributed by atoms with van der Waals surface area (Å²) < 4.78 is 48.4. The molecule has 2 atom stereocenters. The Kier molecular flexibility index (Phi) is 7.77. The van der Waals surface area contributed by atoms with Gasteiger partial charge in [-0.3, -0.25) is 10.1 Å². The zero-order chi connectivity index (χ0) is 25.0. The maximum absolute atomic E-state index is 14.7. The lowest BCUT2D eigenvalue weighted by Gasteiger charge is -2.22. The van der Waals surface area contributed by atoms with Gasteiger partial charge in [0.1, 0.15) is 23.2 Å². The molecule has 35 heavy (non-hydrogen) atoms. The molecular weight excluding hydrogens is 453 g/mol. The van der Waals surface area contributed by atoms with E-state index in [0.29, 0.717) is 54.7 Å². The lowest BCUT2D eigenvalue weighted by Crippen LogP contribution is -2.38. The molecule has 7 heteroatoms. The van der Waals surface area contributed by atoms with Crippen molar-refractivity contribution in [3.63, 3.8) is 0 Å². The number of rotatable bonds is 8. The van der Waals surface area contributed by atoms with Gasteiger partial charge in [-0.1, -0.05) is 24.3 Å². The number of amides is 1. The standard InChI is InChI=1S/C28H31F3N2O2/c1-28(2)33-22(17-35-28)12-13-23-25(31)10-5-11-26(23)32-27(34)16-24(18-6-3-8-20(29)14-18)19-7-4-9-21(30)15-19/h3,5-8,10-11,14-15,22,24,33H,4,9,12-13,16-17H2,1-2H3,(H,32,34)/t22-,24?/m0/s1. The Balaban J connectivity index is 1.50. The molecule has 0 spiro atoms. The van der Waals surface area contributed by atoms with Crippen LogP contribution >= 0.6 is 0 Å². The first-order valence-corrected chi connectivity index (χ1v) is 12.0. The highest BCUT2D eigenvalue weighted by molar-refractivity contribution is 5.92. The van der Waals surface area contributed by atoms with Crippen molar-refractivity contribution in [3.05, 3.63) is 88.8 Å². The minimum absolute atomic E-state index is 0.0266. The molecule has 2 aromatic carbocycles. The highest BCUT2D eigenvalue weighted by atomic mass is 19.1. The zero-order valence-corrected chi connectivity index (χ0v) is 20.0. The number of nitrogens with one attached hydrogen (secondary N) is 2. The van der Waals surface area contributed by atoms with Crippen LogP contribution in [0.4, 0.5) is 18.9 Å². The van der Waals surface area contributed by atoms with Crippen LogP contribution in [0.1, 0.15) is 56.6 Å². The van der Waals surface area contributed by atoms with E-state index in [1.165, 1.54) is 24.3 Å². The van der Waals surface area contributed by atoms with E-state index in [2.05, 4.69) is 10.6 Å². The molecule has 1 amide bonds. The summed E-state index contributed by atoms with van der Waals surface area (Å²) in [5.74, 6) is -1.94. The Morgan fingerprint density at radius 1 is 1.20 bits per heavy atom. The van der Waals surface area contributed by atoms with Gasteiger partial charge < -0.3 is 10.1 Å². The molecule has 0 radical (unpaired) electrons. The second-order valence-corrected chi connectivity index (χ2v) is 9.66. The molecule has 0 bridgehead atoms. The predicted molar refractivity (Wildman–Crippen MR) is 131 cm³/mol. The van der Waals surface area contributed by atoms with Crippen LogP contribution in [-0.2, 0) is 16.0 Å². The van der Waals surface area contributed by atoms with Crippen LogP contribution in [0.2, 0.25) is 0 Å². The van der Waals surface area contributed by atoms with E-state index in [1.54, 1.807) is 24.3 Å². The molecule has 0 aromatic heterocycles. The van der Waals surface area contributed by atoms with E-state index in [-0.39, 0.29) is 30.0 Å². The third-order valence-corrected chi connectivity index (χ3v) is 6.46. The molecule has 1 fully saturated rings. The second-order valence-electron chi connectivity index (χ2n) is 9.66. The molecule has 2 N–H and O–H groups in total. The minimum atomic E-state index is -0.518. The second kappa shape index (κ2) is 10.8. The molecule has 1 unspecified atom stereocenters. The van der Waals surface area contributed by atoms with Gasteiger partial charge in [0, 0.05) is 36.1 Å². The van der Waals surface area contributed by atoms with E-state index in [1.807, 2.05) is 19.9 Å². The Morgan fingerprint density at radius 2 is 2.00 bits per heavy atom. The molecule has 4 rings (SSSR count). The average molecular weight is 485 g/mol. The lowest BCUT2D eigenvalue weighted by atomic mass is 9.85. The SMILES string of the molecule is CC1(C)N[C@@H](CCc2c(F)cccc2NC(=O)CC(C2=CCCC(F)=C2)c2cccc(F)c2)CO1. The van der Waals surface area contributed by atoms with Gasteiger partial charge in [0.2, 0.25) is 5.91 Å². The van der Waals surface area contributed by atoms with Gasteiger partial charge in [0.15, 0.2) is 0 Å². The third kappa shape index (κ3) is 6.61. The topological polar surface area (TPSA) is 50.4 Å². The summed E-state index contributed by atoms with van der Waals surface area (Å²) >= 11 is 0. The first kappa shape index (κ1) is 25.2. The average Bonchev–Trinajstić information content (AvgIpc) is 3.15. The molecule has 1 aliphatic heterocycles. The summed E-state index contributed by atoms with van der Waals surface area (Å²) in [6.45, 7) is 4.43. The number of allylic oxidation sites excluding steroid dienone is 4. The summed E-state index contributed by atoms with van der Waals surface area (Å²) in [4.78, 5) is 13.1. The molecule has 1 saturated heterocycles. The normalized spacial score (nSPS) is 20.2. The molecule has 2 aromatic rings. The number of ether oxygens (including phenoxy) is 1. The monoisotopic (exact) mass is 484 g/mol. The van der Waals surface area contributed by atoms with Gasteiger partial charge >= 0.3 is 0 Å². The number of hydrogen-bond donors (Lipinski definition) is 2. The quantitative estimate of drug-likeness (QED) is 0.462. The highest BCUT2D eigenvalue weighted by Crippen LogP contribution is 2.34. The number of benzene rings is 2. The van der Waals surface area contributed by atoms with Crippen LogP contribution in [-0.4, -0.2) is 24.3 Å². The van der Waals surface area contributed by atoms with Gasteiger partial charge in [-0.2, -0.15) is 0 Å². The predicted octanol–water partition coefficient (Wildman–Crippen LogP) is 6.31. The fourth-order valence-electron chi connectivity index (χ4n) is 4.76. The molecule has 2 aliphatic rings. The number of anilines is 1. The third-order valence-electron chi connectivity index (χ3n) is 6.46. The minimum Gasteiger partial charge on any atom is -0.360 e. The van der Waals surface area contributed by atoms with Crippen LogP contribution in [0.25, 0.3) is 0 Å². The van der Waals surface area contributed by atoms with Crippen LogP contribution in [0, 0.1) is 11.6 Å². The van der Waals surface area contributed by atoms with Crippen molar-refractivity contribution in [2.45, 2.75) is 63.6 Å². The van der Waals surface area contributed by atoms with Crippen molar-refractivity contribution in [2.75, 3.05) is 11.9 Å². The molecule has 0 saturated carbocycles. The van der Waals surface area contributed by atoms with Crippen LogP contribution < -0.4 is 10.6 Å². The Labute approximate surface area is 204 Å². The first-order chi connectivity index (χ1) is 16.7. The van der Waals surface area contributed by atoms with Crippen molar-refractivity contribution in [1.29, 1.82) is 0 Å². The number of hydrogen-bond acceptors (Lipinski definition) is 3. The molecule has 1 heterocycles. The van der Waals surface area contributed by atoms with Crippen LogP contribution in [0.15, 0.2) is 66.0 Å². The number of carbonyl (C=O) groups is 1. The van der Waals surface area contributed by atoms with Gasteiger partial charge in [-0.15, -0.1) is 0 Å². The van der Waals surface area contributed by atoms with Crippen LogP contribution in [0.5, 0.6) is 0 Å². The van der Waals surface area contributed by atoms with Crippen LogP contribution in [0.3, 0.4) is 0 Å². The van der Waals surface area contributed by atoms with E-state index in [9.17, 15) is 18.0 Å². The highest BCUT2D eigenvalue weighted by Gasteiger charge is 2.31. The number of carbonyl (C=O) groups excluding carboxylic acids is 1. The van der Waals surface area contributed by atoms with E-state index in [4.69, 9.17) is 4.74 Å². The Hall–Kier alpha value is -2.90. The first-order valence-electron chi connectivity index (χ1n) is 12.0. The maximum atomic E-state index is 14.7. The fourth-order valence-corrected chi connectivity index (χ4v) is 4.76. The number of halogens is 3. The van der Waals surface area contributed by atoms with Crippen molar-refractivity contribution in [3.8, 4) is 0 Å². The van der Waals surface area contributed by atoms with E-state index >= 15 is 0 Å². The largest absolute Gasteiger partial charge is 0.360 e. The lowest BCUT2D eigenvalue weighted by molar-refractivity contribution is -0.116. The van der Waals surface area contributed by atoms with Crippen molar-refractivity contribution >= 4 is 11.6 Å². The summed E-state index contributed by atoms with van der Waals surface area (Å²) in [5.41, 5.74) is 1.66. The maximum Gasteiger partial charge on any atom is 0.225 e. The van der Waals surface area contributed by atoms with E-state index in [0.717, 1.165) is 0 Å². The molecule has 186 valence electrons. The molecule has 4 nitrogen and oxygen atoms in total. The van der Waals surface area contributed by atoms with Gasteiger partial charge in [-0.05, 0) is 74.6 Å². The molecule has 1 aliphatic carbocycles. The fraction of sp³-hybridized carbons (Fsp3) is 0.393. The van der Waals surface area contributed by atoms with Crippen molar-refractivity contribution in [1.82, 2.24) is 5.32 Å². The van der Waals surface area contributed by atoms with Gasteiger partial charge in [0.05, 0.1) is 6.61 Å². The van der Waals surface area contributed by atoms with Gasteiger partial charge in [-0.25, -0.2) is 13.2 Å². The Bertz CT molecular complexity index is 1140. The zero-order valence-electron chi connectivity index (χ0n) is 20.0. The summed E-state index contributed by atoms with van der Waals surface area (Å²) in [6.07, 6.45) is 5.20. The summed E-state index contributed by atoms with van der Waals surface area (Å²) in [7, 11) is 0. The summed E-state index contributed by atoms with van der Waals surface area (Å²) in [5, 5.41) is 6.21. The molecular formula is C28H31F3N2O2.